The van der Waals surface area contributed by atoms with E-state index in [1.807, 2.05) is 0 Å². The molecule has 0 aliphatic carbocycles. The Balaban J connectivity index is 2.45. The first-order valence-corrected chi connectivity index (χ1v) is 14.4. The molecule has 2 aromatic rings. The van der Waals surface area contributed by atoms with Crippen molar-refractivity contribution in [2.75, 3.05) is 0 Å². The quantitative estimate of drug-likeness (QED) is 0.642. The van der Waals surface area contributed by atoms with Gasteiger partial charge in [0.2, 0.25) is 16.6 Å². The summed E-state index contributed by atoms with van der Waals surface area (Å²) in [4.78, 5) is 0. The van der Waals surface area contributed by atoms with Gasteiger partial charge in [0, 0.05) is 12.2 Å². The molecule has 2 aromatic carbocycles. The third-order valence-corrected chi connectivity index (χ3v) is 14.9. The lowest BCUT2D eigenvalue weighted by Crippen LogP contribution is -2.61. The van der Waals surface area contributed by atoms with E-state index >= 15 is 0 Å². The molecule has 0 bridgehead atoms. The van der Waals surface area contributed by atoms with Gasteiger partial charge in [-0.25, -0.2) is 0 Å². The van der Waals surface area contributed by atoms with E-state index in [2.05, 4.69) is 101 Å². The van der Waals surface area contributed by atoms with E-state index in [0.29, 0.717) is 0 Å². The second kappa shape index (κ2) is 8.45. The van der Waals surface area contributed by atoms with Crippen LogP contribution in [0.5, 0.6) is 0 Å². The molecular formula is C21H32O2Si2. The molecule has 0 N–H and O–H groups in total. The Morgan fingerprint density at radius 1 is 0.640 bits per heavy atom. The van der Waals surface area contributed by atoms with Crippen LogP contribution in [0.4, 0.5) is 0 Å². The summed E-state index contributed by atoms with van der Waals surface area (Å²) in [6, 6.07) is 21.5. The van der Waals surface area contributed by atoms with Crippen LogP contribution in [0.1, 0.15) is 27.7 Å². The van der Waals surface area contributed by atoms with Gasteiger partial charge in [0.05, 0.1) is 0 Å². The van der Waals surface area contributed by atoms with Crippen LogP contribution >= 0.6 is 0 Å². The number of hydrogen-bond acceptors (Lipinski definition) is 2. The van der Waals surface area contributed by atoms with Crippen LogP contribution in [0.15, 0.2) is 60.7 Å². The van der Waals surface area contributed by atoms with Gasteiger partial charge in [-0.1, -0.05) is 60.7 Å². The zero-order valence-electron chi connectivity index (χ0n) is 16.5. The van der Waals surface area contributed by atoms with Gasteiger partial charge in [-0.15, -0.1) is 0 Å². The minimum atomic E-state index is -2.14. The molecule has 2 rings (SSSR count). The van der Waals surface area contributed by atoms with Gasteiger partial charge in [-0.3, -0.25) is 0 Å². The molecule has 4 heteroatoms. The Morgan fingerprint density at radius 3 is 1.24 bits per heavy atom. The van der Waals surface area contributed by atoms with Gasteiger partial charge in [-0.2, -0.15) is 0 Å². The Morgan fingerprint density at radius 2 is 0.960 bits per heavy atom. The summed E-state index contributed by atoms with van der Waals surface area (Å²) in [5.41, 5.74) is 1.02. The molecule has 0 fully saturated rings. The molecular weight excluding hydrogens is 340 g/mol. The maximum absolute atomic E-state index is 6.62. The fourth-order valence-corrected chi connectivity index (χ4v) is 15.3. The fraction of sp³-hybridized carbons (Fsp3) is 0.429. The summed E-state index contributed by atoms with van der Waals surface area (Å²) < 4.78 is 13.2. The van der Waals surface area contributed by atoms with Crippen LogP contribution in [-0.4, -0.2) is 28.8 Å². The molecule has 25 heavy (non-hydrogen) atoms. The summed E-state index contributed by atoms with van der Waals surface area (Å²) in [7, 11) is -4.27. The first kappa shape index (κ1) is 20.1. The SMILES string of the molecule is CC(C)O[Si](C)(C[Si](C)(OC(C)C)c1ccccc1)c1ccccc1. The van der Waals surface area contributed by atoms with Crippen molar-refractivity contribution in [2.24, 2.45) is 0 Å². The van der Waals surface area contributed by atoms with E-state index < -0.39 is 16.6 Å². The van der Waals surface area contributed by atoms with Crippen LogP contribution in [0.25, 0.3) is 0 Å². The monoisotopic (exact) mass is 372 g/mol. The Kier molecular flexibility index (Phi) is 6.80. The lowest BCUT2D eigenvalue weighted by molar-refractivity contribution is 0.225. The predicted octanol–water partition coefficient (Wildman–Crippen LogP) is 4.34. The summed E-state index contributed by atoms with van der Waals surface area (Å²) in [6.45, 7) is 13.2. The molecule has 0 radical (unpaired) electrons. The maximum Gasteiger partial charge on any atom is 0.221 e. The van der Waals surface area contributed by atoms with Gasteiger partial charge in [0.1, 0.15) is 0 Å². The Bertz CT molecular complexity index is 588. The largest absolute Gasteiger partial charge is 0.411 e. The average Bonchev–Trinajstić information content (AvgIpc) is 2.55. The highest BCUT2D eigenvalue weighted by atomic mass is 28.4. The van der Waals surface area contributed by atoms with Crippen molar-refractivity contribution in [1.82, 2.24) is 0 Å². The van der Waals surface area contributed by atoms with Crippen LogP contribution in [-0.2, 0) is 8.85 Å². The van der Waals surface area contributed by atoms with E-state index in [0.717, 1.165) is 5.67 Å². The highest BCUT2D eigenvalue weighted by Gasteiger charge is 2.45. The Hall–Kier alpha value is -1.21. The van der Waals surface area contributed by atoms with Crippen LogP contribution in [0.3, 0.4) is 0 Å². The molecule has 0 amide bonds. The highest BCUT2D eigenvalue weighted by Crippen LogP contribution is 2.25. The van der Waals surface area contributed by atoms with Crippen molar-refractivity contribution in [3.05, 3.63) is 60.7 Å². The maximum atomic E-state index is 6.62. The Labute approximate surface area is 155 Å². The van der Waals surface area contributed by atoms with Gasteiger partial charge < -0.3 is 8.85 Å². The van der Waals surface area contributed by atoms with Crippen molar-refractivity contribution in [1.29, 1.82) is 0 Å². The zero-order valence-corrected chi connectivity index (χ0v) is 18.5. The molecule has 0 spiro atoms. The van der Waals surface area contributed by atoms with Gasteiger partial charge in [0.15, 0.2) is 0 Å². The number of hydrogen-bond donors (Lipinski definition) is 0. The highest BCUT2D eigenvalue weighted by molar-refractivity contribution is 7.02. The third kappa shape index (κ3) is 5.38. The van der Waals surface area contributed by atoms with Crippen molar-refractivity contribution in [3.8, 4) is 0 Å². The second-order valence-electron chi connectivity index (χ2n) is 7.70. The van der Waals surface area contributed by atoms with E-state index in [9.17, 15) is 0 Å². The van der Waals surface area contributed by atoms with Crippen LogP contribution < -0.4 is 10.4 Å². The van der Waals surface area contributed by atoms with Crippen molar-refractivity contribution < 1.29 is 8.85 Å². The molecule has 2 nitrogen and oxygen atoms in total. The van der Waals surface area contributed by atoms with Gasteiger partial charge >= 0.3 is 0 Å². The molecule has 0 aliphatic heterocycles. The molecule has 0 saturated carbocycles. The number of rotatable bonds is 8. The second-order valence-corrected chi connectivity index (χ2v) is 15.7. The van der Waals surface area contributed by atoms with E-state index in [1.54, 1.807) is 0 Å². The zero-order chi connectivity index (χ0) is 18.5. The normalized spacial score (nSPS) is 16.6. The lowest BCUT2D eigenvalue weighted by atomic mass is 10.4. The smallest absolute Gasteiger partial charge is 0.221 e. The molecule has 0 aromatic heterocycles. The first-order valence-electron chi connectivity index (χ1n) is 9.22. The predicted molar refractivity (Wildman–Crippen MR) is 113 cm³/mol. The summed E-state index contributed by atoms with van der Waals surface area (Å²) in [5, 5.41) is 2.71. The minimum Gasteiger partial charge on any atom is -0.411 e. The minimum absolute atomic E-state index is 0.213. The number of benzene rings is 2. The van der Waals surface area contributed by atoms with Crippen molar-refractivity contribution >= 4 is 27.0 Å². The van der Waals surface area contributed by atoms with Crippen LogP contribution in [0, 0.1) is 0 Å². The summed E-state index contributed by atoms with van der Waals surface area (Å²) in [5.74, 6) is 0. The average molecular weight is 373 g/mol. The first-order chi connectivity index (χ1) is 11.8. The summed E-state index contributed by atoms with van der Waals surface area (Å²) in [6.07, 6.45) is 0.426. The lowest BCUT2D eigenvalue weighted by Gasteiger charge is -2.39. The molecule has 2 atom stereocenters. The van der Waals surface area contributed by atoms with Crippen molar-refractivity contribution in [3.63, 3.8) is 0 Å². The van der Waals surface area contributed by atoms with E-state index in [-0.39, 0.29) is 12.2 Å². The van der Waals surface area contributed by atoms with Gasteiger partial charge in [-0.05, 0) is 56.8 Å². The molecule has 0 saturated heterocycles. The molecule has 0 aliphatic rings. The van der Waals surface area contributed by atoms with E-state index in [4.69, 9.17) is 8.85 Å². The standard InChI is InChI=1S/C21H32O2Si2/c1-18(2)22-24(5,20-13-9-7-10-14-20)17-25(6,23-19(3)4)21-15-11-8-12-16-21/h7-16,18-19H,17H2,1-6H3. The van der Waals surface area contributed by atoms with Crippen molar-refractivity contribution in [2.45, 2.75) is 58.7 Å². The molecule has 136 valence electrons. The topological polar surface area (TPSA) is 18.5 Å². The molecule has 0 heterocycles. The van der Waals surface area contributed by atoms with Crippen LogP contribution in [0.2, 0.25) is 18.8 Å². The fourth-order valence-electron chi connectivity index (χ4n) is 3.69. The molecule has 2 unspecified atom stereocenters. The van der Waals surface area contributed by atoms with E-state index in [1.165, 1.54) is 10.4 Å². The van der Waals surface area contributed by atoms with Gasteiger partial charge in [0.25, 0.3) is 0 Å². The summed E-state index contributed by atoms with van der Waals surface area (Å²) >= 11 is 0. The third-order valence-electron chi connectivity index (χ3n) is 4.44.